The van der Waals surface area contributed by atoms with E-state index in [1.54, 1.807) is 18.4 Å². The number of carbonyl (C=O) groups is 3. The van der Waals surface area contributed by atoms with Crippen LogP contribution in [-0.2, 0) is 9.59 Å². The zero-order valence-electron chi connectivity index (χ0n) is 19.1. The summed E-state index contributed by atoms with van der Waals surface area (Å²) < 4.78 is 27.2. The second kappa shape index (κ2) is 10.8. The van der Waals surface area contributed by atoms with Gasteiger partial charge in [0.25, 0.3) is 5.91 Å². The molecule has 0 bridgehead atoms. The van der Waals surface area contributed by atoms with Gasteiger partial charge < -0.3 is 15.5 Å². The molecule has 190 valence electrons. The van der Waals surface area contributed by atoms with Crippen molar-refractivity contribution in [2.75, 3.05) is 11.9 Å². The number of thioether (sulfide) groups is 1. The normalized spacial score (nSPS) is 14.7. The first-order chi connectivity index (χ1) is 17.5. The van der Waals surface area contributed by atoms with Gasteiger partial charge in [-0.1, -0.05) is 30.0 Å². The maximum Gasteiger partial charge on any atom is 0.339 e. The van der Waals surface area contributed by atoms with Crippen molar-refractivity contribution in [3.05, 3.63) is 74.8 Å². The number of thiocarbonyl (C=S) groups is 1. The summed E-state index contributed by atoms with van der Waals surface area (Å²) in [7, 11) is 0. The molecule has 7 nitrogen and oxygen atoms in total. The van der Waals surface area contributed by atoms with Crippen LogP contribution in [0.25, 0.3) is 16.7 Å². The summed E-state index contributed by atoms with van der Waals surface area (Å²) >= 11 is 7.82. The van der Waals surface area contributed by atoms with Crippen LogP contribution in [0.15, 0.2) is 52.7 Å². The second-order valence-electron chi connectivity index (χ2n) is 7.94. The van der Waals surface area contributed by atoms with Gasteiger partial charge in [-0.25, -0.2) is 13.6 Å². The molecule has 37 heavy (non-hydrogen) atoms. The van der Waals surface area contributed by atoms with Crippen LogP contribution in [0.3, 0.4) is 0 Å². The van der Waals surface area contributed by atoms with Crippen LogP contribution in [0.1, 0.15) is 28.6 Å². The Bertz CT molecular complexity index is 1480. The Labute approximate surface area is 223 Å². The molecule has 3 N–H and O–H groups in total. The lowest BCUT2D eigenvalue weighted by atomic mass is 10.1. The second-order valence-corrected chi connectivity index (χ2v) is 10.5. The van der Waals surface area contributed by atoms with Crippen LogP contribution in [0.4, 0.5) is 14.5 Å². The van der Waals surface area contributed by atoms with Gasteiger partial charge in [-0.2, -0.15) is 0 Å². The Kier molecular flexibility index (Phi) is 7.71. The maximum atomic E-state index is 13.6. The Morgan fingerprint density at radius 1 is 1.08 bits per heavy atom. The smallest absolute Gasteiger partial charge is 0.339 e. The fraction of sp³-hybridized carbons (Fsp3) is 0.120. The molecule has 1 aliphatic heterocycles. The van der Waals surface area contributed by atoms with E-state index in [2.05, 4.69) is 5.32 Å². The number of nitrogens with one attached hydrogen (secondary N) is 1. The van der Waals surface area contributed by atoms with Gasteiger partial charge in [0.1, 0.15) is 15.6 Å². The van der Waals surface area contributed by atoms with E-state index in [0.29, 0.717) is 25.9 Å². The van der Waals surface area contributed by atoms with Crippen LogP contribution in [-0.4, -0.2) is 43.8 Å². The fourth-order valence-corrected chi connectivity index (χ4v) is 5.86. The molecule has 2 aromatic carbocycles. The molecule has 0 radical (unpaired) electrons. The van der Waals surface area contributed by atoms with E-state index < -0.39 is 29.3 Å². The lowest BCUT2D eigenvalue weighted by Crippen LogP contribution is -2.31. The van der Waals surface area contributed by atoms with Crippen molar-refractivity contribution < 1.29 is 33.4 Å². The van der Waals surface area contributed by atoms with Crippen molar-refractivity contribution in [1.29, 1.82) is 0 Å². The van der Waals surface area contributed by atoms with Gasteiger partial charge in [-0.05, 0) is 59.3 Å². The number of anilines is 1. The van der Waals surface area contributed by atoms with E-state index >= 15 is 0 Å². The molecule has 1 saturated heterocycles. The minimum atomic E-state index is -1.30. The summed E-state index contributed by atoms with van der Waals surface area (Å²) in [6.07, 6.45) is -0.0838. The van der Waals surface area contributed by atoms with Crippen molar-refractivity contribution in [2.24, 2.45) is 0 Å². The number of allylic oxidation sites excluding steroid dienone is 1. The summed E-state index contributed by atoms with van der Waals surface area (Å²) in [6.45, 7) is 1.80. The number of thiophene rings is 1. The number of carboxylic acid groups (broad SMARTS) is 1. The zero-order valence-corrected chi connectivity index (χ0v) is 21.5. The largest absolute Gasteiger partial charge is 0.507 e. The predicted molar refractivity (Wildman–Crippen MR) is 142 cm³/mol. The van der Waals surface area contributed by atoms with Gasteiger partial charge in [0.2, 0.25) is 5.91 Å². The van der Waals surface area contributed by atoms with Gasteiger partial charge in [-0.15, -0.1) is 11.3 Å². The van der Waals surface area contributed by atoms with E-state index in [4.69, 9.17) is 17.3 Å². The molecule has 0 aliphatic carbocycles. The van der Waals surface area contributed by atoms with Gasteiger partial charge in [0, 0.05) is 29.6 Å². The van der Waals surface area contributed by atoms with E-state index in [1.165, 1.54) is 34.4 Å². The Morgan fingerprint density at radius 2 is 1.84 bits per heavy atom. The highest BCUT2D eigenvalue weighted by Crippen LogP contribution is 2.39. The molecule has 12 heteroatoms. The fourth-order valence-electron chi connectivity index (χ4n) is 3.52. The van der Waals surface area contributed by atoms with Gasteiger partial charge in [0.05, 0.1) is 4.91 Å². The average Bonchev–Trinajstić information content (AvgIpc) is 3.44. The van der Waals surface area contributed by atoms with E-state index in [-0.39, 0.29) is 30.1 Å². The molecule has 3 aromatic rings. The number of benzene rings is 2. The number of carboxylic acids is 1. The number of aromatic carboxylic acids is 1. The predicted octanol–water partition coefficient (Wildman–Crippen LogP) is 5.72. The average molecular weight is 561 g/mol. The van der Waals surface area contributed by atoms with Crippen LogP contribution < -0.4 is 5.32 Å². The SMILES string of the molecule is C/C(=C1/SC(=S)N(CCC(=O)Nc2ccc(C(=O)O)c(O)c2)C1=O)c1cc(-c2ccc(F)c(F)c2)cs1. The van der Waals surface area contributed by atoms with Crippen molar-refractivity contribution in [2.45, 2.75) is 13.3 Å². The summed E-state index contributed by atoms with van der Waals surface area (Å²) in [5.74, 6) is -4.44. The molecule has 1 aliphatic rings. The number of amides is 2. The summed E-state index contributed by atoms with van der Waals surface area (Å²) in [5, 5.41) is 23.1. The third kappa shape index (κ3) is 5.71. The highest BCUT2D eigenvalue weighted by atomic mass is 32.2. The van der Waals surface area contributed by atoms with Gasteiger partial charge in [0.15, 0.2) is 11.6 Å². The number of halogens is 2. The molecule has 0 atom stereocenters. The molecular formula is C25H18F2N2O5S3. The lowest BCUT2D eigenvalue weighted by molar-refractivity contribution is -0.122. The monoisotopic (exact) mass is 560 g/mol. The molecule has 2 heterocycles. The molecule has 4 rings (SSSR count). The standard InChI is InChI=1S/C25H18F2N2O5S3/c1-12(20-9-14(11-36-20)13-2-5-17(26)18(27)8-13)22-23(32)29(25(35)37-22)7-6-21(31)28-15-3-4-16(24(33)34)19(30)10-15/h2-5,8-11,30H,6-7H2,1H3,(H,28,31)(H,33,34)/b22-12-. The molecular weight excluding hydrogens is 542 g/mol. The highest BCUT2D eigenvalue weighted by molar-refractivity contribution is 8.26. The highest BCUT2D eigenvalue weighted by Gasteiger charge is 2.34. The minimum Gasteiger partial charge on any atom is -0.507 e. The Balaban J connectivity index is 1.42. The van der Waals surface area contributed by atoms with Crippen molar-refractivity contribution in [1.82, 2.24) is 4.90 Å². The number of hydrogen-bond donors (Lipinski definition) is 3. The van der Waals surface area contributed by atoms with Gasteiger partial charge >= 0.3 is 5.97 Å². The molecule has 1 fully saturated rings. The zero-order chi connectivity index (χ0) is 26.9. The molecule has 0 unspecified atom stereocenters. The molecule has 2 amide bonds. The molecule has 0 saturated carbocycles. The number of nitrogens with zero attached hydrogens (tertiary/aromatic N) is 1. The summed E-state index contributed by atoms with van der Waals surface area (Å²) in [4.78, 5) is 38.9. The third-order valence-electron chi connectivity index (χ3n) is 5.49. The maximum absolute atomic E-state index is 13.6. The minimum absolute atomic E-state index is 0.0248. The van der Waals surface area contributed by atoms with Crippen LogP contribution in [0.2, 0.25) is 0 Å². The number of carbonyl (C=O) groups excluding carboxylic acids is 2. The topological polar surface area (TPSA) is 107 Å². The van der Waals surface area contributed by atoms with Crippen molar-refractivity contribution >= 4 is 68.7 Å². The lowest BCUT2D eigenvalue weighted by Gasteiger charge is -2.14. The number of hydrogen-bond acceptors (Lipinski definition) is 7. The quantitative estimate of drug-likeness (QED) is 0.251. The summed E-state index contributed by atoms with van der Waals surface area (Å²) in [6, 6.07) is 9.09. The Morgan fingerprint density at radius 3 is 2.51 bits per heavy atom. The number of aromatic hydroxyl groups is 1. The number of rotatable bonds is 7. The first-order valence-electron chi connectivity index (χ1n) is 10.7. The van der Waals surface area contributed by atoms with E-state index in [0.717, 1.165) is 34.8 Å². The van der Waals surface area contributed by atoms with Crippen LogP contribution in [0.5, 0.6) is 5.75 Å². The summed E-state index contributed by atoms with van der Waals surface area (Å²) in [5.41, 5.74) is 1.80. The third-order valence-corrected chi connectivity index (χ3v) is 8.09. The number of phenols is 1. The van der Waals surface area contributed by atoms with Gasteiger partial charge in [-0.3, -0.25) is 14.5 Å². The van der Waals surface area contributed by atoms with Crippen LogP contribution >= 0.6 is 35.3 Å². The first kappa shape index (κ1) is 26.5. The molecule has 1 aromatic heterocycles. The van der Waals surface area contributed by atoms with E-state index in [1.807, 2.05) is 0 Å². The van der Waals surface area contributed by atoms with E-state index in [9.17, 15) is 28.3 Å². The Hall–Kier alpha value is -3.61. The van der Waals surface area contributed by atoms with Crippen molar-refractivity contribution in [3.63, 3.8) is 0 Å². The van der Waals surface area contributed by atoms with Crippen molar-refractivity contribution in [3.8, 4) is 16.9 Å². The van der Waals surface area contributed by atoms with Crippen LogP contribution in [0, 0.1) is 11.6 Å². The molecule has 0 spiro atoms. The first-order valence-corrected chi connectivity index (χ1v) is 12.8.